The number of hydrogen-bond acceptors (Lipinski definition) is 3. The molecule has 0 bridgehead atoms. The van der Waals surface area contributed by atoms with E-state index in [1.165, 1.54) is 48.5 Å². The van der Waals surface area contributed by atoms with Gasteiger partial charge < -0.3 is 15.5 Å². The van der Waals surface area contributed by atoms with Crippen molar-refractivity contribution in [3.63, 3.8) is 0 Å². The van der Waals surface area contributed by atoms with E-state index in [1.807, 2.05) is 18.4 Å². The van der Waals surface area contributed by atoms with Crippen LogP contribution in [0.2, 0.25) is 0 Å². The molecule has 0 saturated carbocycles. The molecule has 1 saturated heterocycles. The summed E-state index contributed by atoms with van der Waals surface area (Å²) < 4.78 is 0. The normalized spacial score (nSPS) is 17.5. The van der Waals surface area contributed by atoms with Gasteiger partial charge in [-0.05, 0) is 45.0 Å². The summed E-state index contributed by atoms with van der Waals surface area (Å²) >= 11 is 1.84. The van der Waals surface area contributed by atoms with Crippen LogP contribution < -0.4 is 10.6 Å². The number of hydrogen-bond donors (Lipinski definition) is 2. The molecule has 1 aromatic rings. The number of likely N-dealkylation sites (tertiary alicyclic amines) is 1. The van der Waals surface area contributed by atoms with Crippen LogP contribution in [-0.2, 0) is 6.54 Å². The SMILES string of the molecule is CN=C(NCCN1CCCCCC1)NCc1ccc(C)s1. The highest BCUT2D eigenvalue weighted by Gasteiger charge is 2.08. The minimum Gasteiger partial charge on any atom is -0.355 e. The van der Waals surface area contributed by atoms with Gasteiger partial charge >= 0.3 is 0 Å². The monoisotopic (exact) mass is 308 g/mol. The summed E-state index contributed by atoms with van der Waals surface area (Å²) in [5.41, 5.74) is 0. The molecule has 1 fully saturated rings. The van der Waals surface area contributed by atoms with Crippen LogP contribution in [0.3, 0.4) is 0 Å². The second-order valence-electron chi connectivity index (χ2n) is 5.62. The largest absolute Gasteiger partial charge is 0.355 e. The van der Waals surface area contributed by atoms with Gasteiger partial charge in [-0.15, -0.1) is 11.3 Å². The van der Waals surface area contributed by atoms with Gasteiger partial charge in [-0.3, -0.25) is 4.99 Å². The van der Waals surface area contributed by atoms with E-state index >= 15 is 0 Å². The van der Waals surface area contributed by atoms with Crippen molar-refractivity contribution in [1.29, 1.82) is 0 Å². The predicted molar refractivity (Wildman–Crippen MR) is 92.2 cm³/mol. The Labute approximate surface area is 132 Å². The minimum atomic E-state index is 0.849. The molecule has 1 aliphatic heterocycles. The van der Waals surface area contributed by atoms with Gasteiger partial charge in [0.25, 0.3) is 0 Å². The van der Waals surface area contributed by atoms with Crippen LogP contribution in [0.4, 0.5) is 0 Å². The van der Waals surface area contributed by atoms with Gasteiger partial charge in [0.15, 0.2) is 5.96 Å². The first kappa shape index (κ1) is 16.3. The molecule has 0 spiro atoms. The van der Waals surface area contributed by atoms with Crippen LogP contribution in [0.1, 0.15) is 35.4 Å². The van der Waals surface area contributed by atoms with Crippen LogP contribution in [0.25, 0.3) is 0 Å². The van der Waals surface area contributed by atoms with Gasteiger partial charge in [0, 0.05) is 29.9 Å². The van der Waals surface area contributed by atoms with Gasteiger partial charge in [-0.25, -0.2) is 0 Å². The van der Waals surface area contributed by atoms with Crippen LogP contribution in [-0.4, -0.2) is 44.1 Å². The fourth-order valence-electron chi connectivity index (χ4n) is 2.66. The van der Waals surface area contributed by atoms with Crippen LogP contribution in [0.15, 0.2) is 17.1 Å². The number of nitrogens with zero attached hydrogens (tertiary/aromatic N) is 2. The fourth-order valence-corrected chi connectivity index (χ4v) is 3.49. The van der Waals surface area contributed by atoms with Gasteiger partial charge in [0.2, 0.25) is 0 Å². The molecule has 0 aliphatic carbocycles. The van der Waals surface area contributed by atoms with Crippen molar-refractivity contribution < 1.29 is 0 Å². The first-order chi connectivity index (χ1) is 10.3. The maximum atomic E-state index is 4.29. The predicted octanol–water partition coefficient (Wildman–Crippen LogP) is 2.60. The fraction of sp³-hybridized carbons (Fsp3) is 0.688. The molecule has 4 nitrogen and oxygen atoms in total. The second kappa shape index (κ2) is 9.05. The molecule has 5 heteroatoms. The lowest BCUT2D eigenvalue weighted by atomic mass is 10.2. The number of nitrogens with one attached hydrogen (secondary N) is 2. The smallest absolute Gasteiger partial charge is 0.191 e. The topological polar surface area (TPSA) is 39.7 Å². The van der Waals surface area contributed by atoms with Crippen LogP contribution in [0.5, 0.6) is 0 Å². The van der Waals surface area contributed by atoms with Gasteiger partial charge in [-0.2, -0.15) is 0 Å². The number of thiophene rings is 1. The summed E-state index contributed by atoms with van der Waals surface area (Å²) in [6.45, 7) is 7.57. The summed E-state index contributed by atoms with van der Waals surface area (Å²) in [5, 5.41) is 6.80. The molecule has 2 rings (SSSR count). The van der Waals surface area contributed by atoms with E-state index in [-0.39, 0.29) is 0 Å². The molecule has 1 aromatic heterocycles. The summed E-state index contributed by atoms with van der Waals surface area (Å²) in [6, 6.07) is 4.34. The lowest BCUT2D eigenvalue weighted by molar-refractivity contribution is 0.289. The lowest BCUT2D eigenvalue weighted by Gasteiger charge is -2.20. The molecule has 2 N–H and O–H groups in total. The van der Waals surface area contributed by atoms with Crippen molar-refractivity contribution >= 4 is 17.3 Å². The Morgan fingerprint density at radius 2 is 1.95 bits per heavy atom. The second-order valence-corrected chi connectivity index (χ2v) is 6.99. The molecule has 0 radical (unpaired) electrons. The Balaban J connectivity index is 1.65. The zero-order valence-corrected chi connectivity index (χ0v) is 14.1. The average molecular weight is 308 g/mol. The molecule has 0 atom stereocenters. The van der Waals surface area contributed by atoms with E-state index < -0.39 is 0 Å². The van der Waals surface area contributed by atoms with Crippen molar-refractivity contribution in [2.75, 3.05) is 33.2 Å². The molecule has 0 unspecified atom stereocenters. The summed E-state index contributed by atoms with van der Waals surface area (Å²) in [7, 11) is 1.83. The van der Waals surface area contributed by atoms with Crippen LogP contribution in [0, 0.1) is 6.92 Å². The summed E-state index contributed by atoms with van der Waals surface area (Å²) in [5.74, 6) is 0.899. The molecular weight excluding hydrogens is 280 g/mol. The number of aryl methyl sites for hydroxylation is 1. The quantitative estimate of drug-likeness (QED) is 0.649. The third-order valence-corrected chi connectivity index (χ3v) is 4.87. The standard InChI is InChI=1S/C16H28N4S/c1-14-7-8-15(21-14)13-19-16(17-2)18-9-12-20-10-5-3-4-6-11-20/h7-8H,3-6,9-13H2,1-2H3,(H2,17,18,19). The summed E-state index contributed by atoms with van der Waals surface area (Å²) in [4.78, 5) is 9.56. The maximum absolute atomic E-state index is 4.29. The average Bonchev–Trinajstić information content (AvgIpc) is 2.75. The van der Waals surface area contributed by atoms with Crippen molar-refractivity contribution in [1.82, 2.24) is 15.5 Å². The third-order valence-electron chi connectivity index (χ3n) is 3.87. The molecule has 21 heavy (non-hydrogen) atoms. The Morgan fingerprint density at radius 1 is 1.19 bits per heavy atom. The minimum absolute atomic E-state index is 0.849. The first-order valence-electron chi connectivity index (χ1n) is 8.00. The van der Waals surface area contributed by atoms with E-state index in [0.717, 1.165) is 25.6 Å². The third kappa shape index (κ3) is 6.06. The highest BCUT2D eigenvalue weighted by molar-refractivity contribution is 7.11. The number of aliphatic imine (C=N–C) groups is 1. The molecule has 1 aliphatic rings. The van der Waals surface area contributed by atoms with Crippen molar-refractivity contribution in [2.45, 2.75) is 39.2 Å². The van der Waals surface area contributed by atoms with Gasteiger partial charge in [0.05, 0.1) is 6.54 Å². The zero-order chi connectivity index (χ0) is 14.9. The first-order valence-corrected chi connectivity index (χ1v) is 8.82. The number of guanidine groups is 1. The van der Waals surface area contributed by atoms with E-state index in [2.05, 4.69) is 39.6 Å². The van der Waals surface area contributed by atoms with E-state index in [9.17, 15) is 0 Å². The number of rotatable bonds is 5. The van der Waals surface area contributed by atoms with Crippen molar-refractivity contribution in [3.8, 4) is 0 Å². The molecular formula is C16H28N4S. The molecule has 2 heterocycles. The van der Waals surface area contributed by atoms with Gasteiger partial charge in [-0.1, -0.05) is 12.8 Å². The van der Waals surface area contributed by atoms with E-state index in [0.29, 0.717) is 0 Å². The van der Waals surface area contributed by atoms with E-state index in [1.54, 1.807) is 0 Å². The molecule has 118 valence electrons. The van der Waals surface area contributed by atoms with Gasteiger partial charge in [0.1, 0.15) is 0 Å². The Morgan fingerprint density at radius 3 is 2.57 bits per heavy atom. The Bertz CT molecular complexity index is 433. The summed E-state index contributed by atoms with van der Waals surface area (Å²) in [6.07, 6.45) is 5.50. The molecule has 0 aromatic carbocycles. The maximum Gasteiger partial charge on any atom is 0.191 e. The highest BCUT2D eigenvalue weighted by atomic mass is 32.1. The highest BCUT2D eigenvalue weighted by Crippen LogP contribution is 2.14. The van der Waals surface area contributed by atoms with Crippen LogP contribution >= 0.6 is 11.3 Å². The van der Waals surface area contributed by atoms with Crippen molar-refractivity contribution in [2.24, 2.45) is 4.99 Å². The van der Waals surface area contributed by atoms with E-state index in [4.69, 9.17) is 0 Å². The Kier molecular flexibility index (Phi) is 7.03. The zero-order valence-electron chi connectivity index (χ0n) is 13.3. The Hall–Kier alpha value is -1.07. The molecule has 0 amide bonds. The van der Waals surface area contributed by atoms with Crippen molar-refractivity contribution in [3.05, 3.63) is 21.9 Å². The lowest BCUT2D eigenvalue weighted by Crippen LogP contribution is -2.41.